The molecule has 4 rings (SSSR count). The Morgan fingerprint density at radius 3 is 2.52 bits per heavy atom. The van der Waals surface area contributed by atoms with Gasteiger partial charge in [0, 0.05) is 39.4 Å². The summed E-state index contributed by atoms with van der Waals surface area (Å²) in [6, 6.07) is 11.0. The van der Waals surface area contributed by atoms with E-state index in [1.54, 1.807) is 12.1 Å². The van der Waals surface area contributed by atoms with Crippen molar-refractivity contribution in [3.63, 3.8) is 0 Å². The van der Waals surface area contributed by atoms with Crippen LogP contribution in [0, 0.1) is 0 Å². The second kappa shape index (κ2) is 8.17. The first-order valence-electron chi connectivity index (χ1n) is 9.68. The van der Waals surface area contributed by atoms with Gasteiger partial charge in [-0.15, -0.1) is 0 Å². The fourth-order valence-electron chi connectivity index (χ4n) is 3.48. The molecule has 9 heteroatoms. The maximum atomic E-state index is 12.8. The third kappa shape index (κ3) is 4.31. The second-order valence-electron chi connectivity index (χ2n) is 7.44. The maximum Gasteiger partial charge on any atom is 0.244 e. The van der Waals surface area contributed by atoms with Gasteiger partial charge in [-0.1, -0.05) is 12.1 Å². The second-order valence-corrected chi connectivity index (χ2v) is 9.38. The van der Waals surface area contributed by atoms with Crippen molar-refractivity contribution in [2.75, 3.05) is 58.3 Å². The lowest BCUT2D eigenvalue weighted by atomic mass is 10.2. The highest BCUT2D eigenvalue weighted by molar-refractivity contribution is 7.89. The minimum atomic E-state index is -3.51. The highest BCUT2D eigenvalue weighted by Crippen LogP contribution is 2.31. The van der Waals surface area contributed by atoms with E-state index in [1.807, 2.05) is 43.3 Å². The lowest BCUT2D eigenvalue weighted by Gasteiger charge is -2.31. The number of benzene rings is 1. The number of nitrogens with zero attached hydrogens (tertiary/aromatic N) is 4. The molecule has 3 heterocycles. The molecule has 0 aliphatic carbocycles. The molecule has 2 aliphatic rings. The van der Waals surface area contributed by atoms with Crippen LogP contribution in [0.4, 0.5) is 5.82 Å². The number of ether oxygens (including phenoxy) is 2. The van der Waals surface area contributed by atoms with Crippen molar-refractivity contribution in [3.05, 3.63) is 42.6 Å². The van der Waals surface area contributed by atoms with Gasteiger partial charge >= 0.3 is 0 Å². The van der Waals surface area contributed by atoms with Crippen LogP contribution in [0.15, 0.2) is 47.5 Å². The van der Waals surface area contributed by atoms with Gasteiger partial charge in [0.1, 0.15) is 17.3 Å². The number of likely N-dealkylation sites (N-methyl/N-ethyl adjacent to an activating group) is 2. The molecule has 0 N–H and O–H groups in total. The number of fused-ring (bicyclic) bond motifs is 1. The first-order valence-corrected chi connectivity index (χ1v) is 11.1. The summed E-state index contributed by atoms with van der Waals surface area (Å²) in [6.45, 7) is 3.51. The average Bonchev–Trinajstić information content (AvgIpc) is 2.74. The van der Waals surface area contributed by atoms with Gasteiger partial charge < -0.3 is 19.3 Å². The van der Waals surface area contributed by atoms with Gasteiger partial charge in [-0.2, -0.15) is 4.31 Å². The van der Waals surface area contributed by atoms with Crippen LogP contribution in [0.2, 0.25) is 0 Å². The molecule has 0 amide bonds. The number of hydrogen-bond donors (Lipinski definition) is 0. The fraction of sp³-hybridized carbons (Fsp3) is 0.450. The van der Waals surface area contributed by atoms with Crippen molar-refractivity contribution in [2.45, 2.75) is 11.0 Å². The Bertz CT molecular complexity index is 943. The van der Waals surface area contributed by atoms with E-state index in [2.05, 4.69) is 9.88 Å². The number of aromatic nitrogens is 1. The van der Waals surface area contributed by atoms with Crippen LogP contribution >= 0.6 is 0 Å². The van der Waals surface area contributed by atoms with Crippen molar-refractivity contribution in [1.82, 2.24) is 14.2 Å². The molecule has 0 unspecified atom stereocenters. The molecule has 156 valence electrons. The SMILES string of the molecule is CN1CCN(S(=O)(=O)c2ccc(N(C)C[C@@H]3COc4ccccc4O3)nc2)CC1. The third-order valence-electron chi connectivity index (χ3n) is 5.26. The van der Waals surface area contributed by atoms with E-state index in [0.717, 1.165) is 24.6 Å². The van der Waals surface area contributed by atoms with E-state index in [-0.39, 0.29) is 11.0 Å². The molecule has 1 atom stereocenters. The Hall–Kier alpha value is -2.36. The van der Waals surface area contributed by atoms with Crippen LogP contribution < -0.4 is 14.4 Å². The lowest BCUT2D eigenvalue weighted by molar-refractivity contribution is 0.0959. The molecule has 29 heavy (non-hydrogen) atoms. The zero-order chi connectivity index (χ0) is 20.4. The molecule has 1 aromatic heterocycles. The predicted octanol–water partition coefficient (Wildman–Crippen LogP) is 1.29. The number of rotatable bonds is 5. The van der Waals surface area contributed by atoms with Crippen LogP contribution in [0.5, 0.6) is 11.5 Å². The molecule has 2 aliphatic heterocycles. The normalized spacial score (nSPS) is 20.4. The molecule has 0 saturated carbocycles. The summed E-state index contributed by atoms with van der Waals surface area (Å²) >= 11 is 0. The van der Waals surface area contributed by atoms with Gasteiger partial charge in [0.05, 0.1) is 6.54 Å². The van der Waals surface area contributed by atoms with Crippen molar-refractivity contribution in [3.8, 4) is 11.5 Å². The molecule has 1 saturated heterocycles. The minimum absolute atomic E-state index is 0.134. The van der Waals surface area contributed by atoms with Gasteiger partial charge in [-0.3, -0.25) is 0 Å². The van der Waals surface area contributed by atoms with E-state index < -0.39 is 10.0 Å². The Morgan fingerprint density at radius 2 is 1.83 bits per heavy atom. The zero-order valence-electron chi connectivity index (χ0n) is 16.7. The smallest absolute Gasteiger partial charge is 0.244 e. The maximum absolute atomic E-state index is 12.8. The highest BCUT2D eigenvalue weighted by Gasteiger charge is 2.28. The first kappa shape index (κ1) is 19.9. The summed E-state index contributed by atoms with van der Waals surface area (Å²) in [7, 11) is 0.392. The number of para-hydroxylation sites is 2. The fourth-order valence-corrected chi connectivity index (χ4v) is 4.85. The summed E-state index contributed by atoms with van der Waals surface area (Å²) in [5.74, 6) is 2.17. The van der Waals surface area contributed by atoms with Gasteiger partial charge in [0.25, 0.3) is 0 Å². The molecule has 1 fully saturated rings. The summed E-state index contributed by atoms with van der Waals surface area (Å²) < 4.78 is 38.9. The number of pyridine rings is 1. The molecule has 0 spiro atoms. The van der Waals surface area contributed by atoms with E-state index in [0.29, 0.717) is 32.1 Å². The van der Waals surface area contributed by atoms with Crippen molar-refractivity contribution < 1.29 is 17.9 Å². The molecule has 0 bridgehead atoms. The Balaban J connectivity index is 1.40. The minimum Gasteiger partial charge on any atom is -0.486 e. The summed E-state index contributed by atoms with van der Waals surface area (Å²) in [4.78, 5) is 8.67. The molecule has 1 aromatic carbocycles. The highest BCUT2D eigenvalue weighted by atomic mass is 32.2. The topological polar surface area (TPSA) is 75.2 Å². The Labute approximate surface area is 171 Å². The van der Waals surface area contributed by atoms with Gasteiger partial charge in [0.15, 0.2) is 17.6 Å². The number of piperazine rings is 1. The Morgan fingerprint density at radius 1 is 1.10 bits per heavy atom. The zero-order valence-corrected chi connectivity index (χ0v) is 17.5. The van der Waals surface area contributed by atoms with Gasteiger partial charge in [-0.25, -0.2) is 13.4 Å². The van der Waals surface area contributed by atoms with Crippen molar-refractivity contribution in [1.29, 1.82) is 0 Å². The van der Waals surface area contributed by atoms with Crippen LogP contribution in [0.1, 0.15) is 0 Å². The molecular formula is C20H26N4O4S. The molecule has 0 radical (unpaired) electrons. The predicted molar refractivity (Wildman–Crippen MR) is 110 cm³/mol. The first-order chi connectivity index (χ1) is 13.9. The van der Waals surface area contributed by atoms with Crippen molar-refractivity contribution in [2.24, 2.45) is 0 Å². The number of sulfonamides is 1. The number of anilines is 1. The molecule has 8 nitrogen and oxygen atoms in total. The molecule has 2 aromatic rings. The van der Waals surface area contributed by atoms with Gasteiger partial charge in [0.2, 0.25) is 10.0 Å². The van der Waals surface area contributed by atoms with E-state index in [1.165, 1.54) is 10.5 Å². The van der Waals surface area contributed by atoms with E-state index >= 15 is 0 Å². The number of hydrogen-bond acceptors (Lipinski definition) is 7. The lowest BCUT2D eigenvalue weighted by Crippen LogP contribution is -2.47. The standard InChI is InChI=1S/C20H26N4O4S/c1-22-9-11-24(12-10-22)29(25,26)17-7-8-20(21-13-17)23(2)14-16-15-27-18-5-3-4-6-19(18)28-16/h3-8,13,16H,9-12,14-15H2,1-2H3/t16-/m1/s1. The van der Waals surface area contributed by atoms with Crippen LogP contribution in [0.25, 0.3) is 0 Å². The van der Waals surface area contributed by atoms with E-state index in [9.17, 15) is 8.42 Å². The third-order valence-corrected chi connectivity index (χ3v) is 7.14. The Kier molecular flexibility index (Phi) is 5.62. The summed E-state index contributed by atoms with van der Waals surface area (Å²) in [5, 5.41) is 0. The average molecular weight is 419 g/mol. The monoisotopic (exact) mass is 418 g/mol. The largest absolute Gasteiger partial charge is 0.486 e. The molecular weight excluding hydrogens is 392 g/mol. The van der Waals surface area contributed by atoms with E-state index in [4.69, 9.17) is 9.47 Å². The quantitative estimate of drug-likeness (QED) is 0.724. The van der Waals surface area contributed by atoms with Crippen LogP contribution in [-0.2, 0) is 10.0 Å². The summed E-state index contributed by atoms with van der Waals surface area (Å²) in [6.07, 6.45) is 1.30. The van der Waals surface area contributed by atoms with Crippen molar-refractivity contribution >= 4 is 15.8 Å². The van der Waals surface area contributed by atoms with Crippen LogP contribution in [-0.4, -0.2) is 82.1 Å². The van der Waals surface area contributed by atoms with Gasteiger partial charge in [-0.05, 0) is 31.3 Å². The van der Waals surface area contributed by atoms with Crippen LogP contribution in [0.3, 0.4) is 0 Å². The summed E-state index contributed by atoms with van der Waals surface area (Å²) in [5.41, 5.74) is 0.